The molecule has 18 heavy (non-hydrogen) atoms. The van der Waals surface area contributed by atoms with Gasteiger partial charge in [0.15, 0.2) is 0 Å². The molecule has 0 amide bonds. The number of methoxy groups -OCH3 is 1. The van der Waals surface area contributed by atoms with Gasteiger partial charge in [0.05, 0.1) is 12.1 Å². The summed E-state index contributed by atoms with van der Waals surface area (Å²) in [7, 11) is 5.95. The van der Waals surface area contributed by atoms with E-state index in [4.69, 9.17) is 4.74 Å². The van der Waals surface area contributed by atoms with Crippen molar-refractivity contribution < 1.29 is 4.74 Å². The van der Waals surface area contributed by atoms with Gasteiger partial charge >= 0.3 is 0 Å². The number of nitrogens with zero attached hydrogens (tertiary/aromatic N) is 1. The molecule has 1 fully saturated rings. The van der Waals surface area contributed by atoms with Crippen LogP contribution >= 0.6 is 0 Å². The zero-order chi connectivity index (χ0) is 13.0. The SMILES string of the molecule is COC1CCCCC1Nc1cccc(N(C)C)c1. The molecular formula is C15H24N2O. The monoisotopic (exact) mass is 248 g/mol. The summed E-state index contributed by atoms with van der Waals surface area (Å²) >= 11 is 0. The van der Waals surface area contributed by atoms with Gasteiger partial charge in [0.1, 0.15) is 0 Å². The van der Waals surface area contributed by atoms with Crippen molar-refractivity contribution in [2.45, 2.75) is 37.8 Å². The Morgan fingerprint density at radius 2 is 2.00 bits per heavy atom. The van der Waals surface area contributed by atoms with Gasteiger partial charge in [-0.2, -0.15) is 0 Å². The minimum Gasteiger partial charge on any atom is -0.380 e. The Hall–Kier alpha value is -1.22. The van der Waals surface area contributed by atoms with Crippen LogP contribution in [0.1, 0.15) is 25.7 Å². The largest absolute Gasteiger partial charge is 0.380 e. The van der Waals surface area contributed by atoms with Crippen LogP contribution in [0.3, 0.4) is 0 Å². The number of benzene rings is 1. The minimum absolute atomic E-state index is 0.349. The maximum atomic E-state index is 5.58. The molecule has 0 radical (unpaired) electrons. The fourth-order valence-corrected chi connectivity index (χ4v) is 2.63. The second kappa shape index (κ2) is 6.10. The van der Waals surface area contributed by atoms with Gasteiger partial charge in [-0.05, 0) is 31.0 Å². The van der Waals surface area contributed by atoms with E-state index in [0.717, 1.165) is 0 Å². The highest BCUT2D eigenvalue weighted by atomic mass is 16.5. The Morgan fingerprint density at radius 1 is 1.22 bits per heavy atom. The summed E-state index contributed by atoms with van der Waals surface area (Å²) in [6.07, 6.45) is 5.30. The molecule has 0 saturated heterocycles. The smallest absolute Gasteiger partial charge is 0.0772 e. The van der Waals surface area contributed by atoms with Crippen LogP contribution in [0.4, 0.5) is 11.4 Å². The Labute approximate surface area is 110 Å². The van der Waals surface area contributed by atoms with Crippen molar-refractivity contribution in [3.63, 3.8) is 0 Å². The van der Waals surface area contributed by atoms with Crippen molar-refractivity contribution in [2.75, 3.05) is 31.4 Å². The van der Waals surface area contributed by atoms with E-state index in [-0.39, 0.29) is 0 Å². The van der Waals surface area contributed by atoms with Gasteiger partial charge < -0.3 is 15.0 Å². The first kappa shape index (κ1) is 13.2. The summed E-state index contributed by atoms with van der Waals surface area (Å²) in [4.78, 5) is 2.12. The van der Waals surface area contributed by atoms with E-state index >= 15 is 0 Å². The van der Waals surface area contributed by atoms with Gasteiger partial charge in [-0.3, -0.25) is 0 Å². The first-order chi connectivity index (χ1) is 8.70. The third kappa shape index (κ3) is 3.16. The molecule has 0 heterocycles. The fraction of sp³-hybridized carbons (Fsp3) is 0.600. The minimum atomic E-state index is 0.349. The van der Waals surface area contributed by atoms with Gasteiger partial charge in [0.25, 0.3) is 0 Å². The molecule has 1 aromatic carbocycles. The third-order valence-corrected chi connectivity index (χ3v) is 3.72. The molecule has 1 aromatic rings. The number of hydrogen-bond acceptors (Lipinski definition) is 3. The standard InChI is InChI=1S/C15H24N2O/c1-17(2)13-8-6-7-12(11-13)16-14-9-4-5-10-15(14)18-3/h6-8,11,14-16H,4-5,9-10H2,1-3H3. The van der Waals surface area contributed by atoms with Gasteiger partial charge in [-0.15, -0.1) is 0 Å². The van der Waals surface area contributed by atoms with Crippen LogP contribution < -0.4 is 10.2 Å². The van der Waals surface area contributed by atoms with Crippen molar-refractivity contribution in [1.29, 1.82) is 0 Å². The van der Waals surface area contributed by atoms with Crippen molar-refractivity contribution in [3.8, 4) is 0 Å². The second-order valence-corrected chi connectivity index (χ2v) is 5.25. The van der Waals surface area contributed by atoms with Crippen LogP contribution in [0.15, 0.2) is 24.3 Å². The number of ether oxygens (including phenoxy) is 1. The Balaban J connectivity index is 2.05. The van der Waals surface area contributed by atoms with Gasteiger partial charge in [-0.25, -0.2) is 0 Å². The molecule has 1 saturated carbocycles. The lowest BCUT2D eigenvalue weighted by Crippen LogP contribution is -2.37. The Morgan fingerprint density at radius 3 is 2.72 bits per heavy atom. The van der Waals surface area contributed by atoms with Crippen molar-refractivity contribution in [3.05, 3.63) is 24.3 Å². The molecule has 0 spiro atoms. The Bertz CT molecular complexity index is 379. The van der Waals surface area contributed by atoms with Crippen molar-refractivity contribution >= 4 is 11.4 Å². The van der Waals surface area contributed by atoms with E-state index in [9.17, 15) is 0 Å². The topological polar surface area (TPSA) is 24.5 Å². The molecule has 0 aliphatic heterocycles. The molecule has 3 heteroatoms. The van der Waals surface area contributed by atoms with Crippen molar-refractivity contribution in [2.24, 2.45) is 0 Å². The second-order valence-electron chi connectivity index (χ2n) is 5.25. The van der Waals surface area contributed by atoms with Gasteiger partial charge in [0.2, 0.25) is 0 Å². The molecule has 2 rings (SSSR count). The van der Waals surface area contributed by atoms with Crippen LogP contribution in [-0.4, -0.2) is 33.4 Å². The lowest BCUT2D eigenvalue weighted by Gasteiger charge is -2.32. The van der Waals surface area contributed by atoms with E-state index in [1.165, 1.54) is 37.1 Å². The van der Waals surface area contributed by atoms with Crippen LogP contribution in [0.5, 0.6) is 0 Å². The molecular weight excluding hydrogens is 224 g/mol. The maximum absolute atomic E-state index is 5.58. The molecule has 2 atom stereocenters. The summed E-state index contributed by atoms with van der Waals surface area (Å²) in [6.45, 7) is 0. The van der Waals surface area contributed by atoms with Crippen LogP contribution in [0.25, 0.3) is 0 Å². The maximum Gasteiger partial charge on any atom is 0.0772 e. The average Bonchev–Trinajstić information content (AvgIpc) is 2.39. The highest BCUT2D eigenvalue weighted by Gasteiger charge is 2.24. The van der Waals surface area contributed by atoms with Crippen molar-refractivity contribution in [1.82, 2.24) is 0 Å². The number of rotatable bonds is 4. The van der Waals surface area contributed by atoms with Gasteiger partial charge in [-0.1, -0.05) is 18.9 Å². The predicted octanol–water partition coefficient (Wildman–Crippen LogP) is 3.12. The average molecular weight is 248 g/mol. The first-order valence-electron chi connectivity index (χ1n) is 6.77. The summed E-state index contributed by atoms with van der Waals surface area (Å²) in [5.41, 5.74) is 2.42. The van der Waals surface area contributed by atoms with Gasteiger partial charge in [0, 0.05) is 32.6 Å². The van der Waals surface area contributed by atoms with Crippen LogP contribution in [-0.2, 0) is 4.74 Å². The quantitative estimate of drug-likeness (QED) is 0.886. The summed E-state index contributed by atoms with van der Waals surface area (Å²) < 4.78 is 5.58. The molecule has 1 aliphatic rings. The molecule has 0 bridgehead atoms. The first-order valence-corrected chi connectivity index (χ1v) is 6.77. The Kier molecular flexibility index (Phi) is 4.48. The molecule has 0 aromatic heterocycles. The third-order valence-electron chi connectivity index (χ3n) is 3.72. The highest BCUT2D eigenvalue weighted by Crippen LogP contribution is 2.25. The highest BCUT2D eigenvalue weighted by molar-refractivity contribution is 5.57. The zero-order valence-corrected chi connectivity index (χ0v) is 11.6. The van der Waals surface area contributed by atoms with E-state index < -0.39 is 0 Å². The normalized spacial score (nSPS) is 23.7. The van der Waals surface area contributed by atoms with E-state index in [1.807, 2.05) is 7.11 Å². The van der Waals surface area contributed by atoms with Crippen LogP contribution in [0.2, 0.25) is 0 Å². The van der Waals surface area contributed by atoms with E-state index in [2.05, 4.69) is 48.6 Å². The molecule has 2 unspecified atom stereocenters. The molecule has 3 nitrogen and oxygen atoms in total. The van der Waals surface area contributed by atoms with Crippen LogP contribution in [0, 0.1) is 0 Å². The fourth-order valence-electron chi connectivity index (χ4n) is 2.63. The van der Waals surface area contributed by atoms with E-state index in [1.54, 1.807) is 0 Å². The predicted molar refractivity (Wildman–Crippen MR) is 77.4 cm³/mol. The summed E-state index contributed by atoms with van der Waals surface area (Å²) in [5, 5.41) is 3.63. The zero-order valence-electron chi connectivity index (χ0n) is 11.6. The lowest BCUT2D eigenvalue weighted by molar-refractivity contribution is 0.0606. The number of hydrogen-bond donors (Lipinski definition) is 1. The van der Waals surface area contributed by atoms with E-state index in [0.29, 0.717) is 12.1 Å². The molecule has 1 aliphatic carbocycles. The number of anilines is 2. The summed E-state index contributed by atoms with van der Waals surface area (Å²) in [5.74, 6) is 0. The summed E-state index contributed by atoms with van der Waals surface area (Å²) in [6, 6.07) is 9.00. The lowest BCUT2D eigenvalue weighted by atomic mass is 9.92. The molecule has 100 valence electrons. The number of nitrogens with one attached hydrogen (secondary N) is 1. The molecule has 1 N–H and O–H groups in total.